The molecule has 104 valence electrons. The lowest BCUT2D eigenvalue weighted by molar-refractivity contribution is -0.137. The van der Waals surface area contributed by atoms with Gasteiger partial charge < -0.3 is 14.7 Å². The fraction of sp³-hybridized carbons (Fsp3) is 0.333. The van der Waals surface area contributed by atoms with Crippen LogP contribution in [0.5, 0.6) is 0 Å². The van der Waals surface area contributed by atoms with Crippen LogP contribution in [0, 0.1) is 11.6 Å². The number of hydrogen-bond donors (Lipinski definition) is 1. The summed E-state index contributed by atoms with van der Waals surface area (Å²) in [6.07, 6.45) is 0. The van der Waals surface area contributed by atoms with E-state index in [4.69, 9.17) is 9.84 Å². The van der Waals surface area contributed by atoms with Crippen molar-refractivity contribution < 1.29 is 28.2 Å². The number of carboxylic acids is 1. The highest BCUT2D eigenvalue weighted by atomic mass is 19.1. The van der Waals surface area contributed by atoms with Crippen LogP contribution in [-0.4, -0.2) is 48.7 Å². The monoisotopic (exact) mass is 273 g/mol. The minimum absolute atomic E-state index is 0.00154. The number of carboxylic acid groups (broad SMARTS) is 1. The summed E-state index contributed by atoms with van der Waals surface area (Å²) >= 11 is 0. The Morgan fingerprint density at radius 3 is 2.58 bits per heavy atom. The van der Waals surface area contributed by atoms with Gasteiger partial charge in [-0.2, -0.15) is 0 Å². The van der Waals surface area contributed by atoms with Crippen LogP contribution in [0.3, 0.4) is 0 Å². The average Bonchev–Trinajstić information content (AvgIpc) is 2.33. The first-order valence-electron chi connectivity index (χ1n) is 5.40. The SMILES string of the molecule is COCCN(CC(=O)O)C(=O)c1ccc(F)cc1F. The first-order valence-corrected chi connectivity index (χ1v) is 5.40. The zero-order valence-corrected chi connectivity index (χ0v) is 10.2. The topological polar surface area (TPSA) is 66.8 Å². The van der Waals surface area contributed by atoms with Crippen molar-refractivity contribution in [2.24, 2.45) is 0 Å². The summed E-state index contributed by atoms with van der Waals surface area (Å²) < 4.78 is 30.9. The van der Waals surface area contributed by atoms with Crippen molar-refractivity contribution in [1.29, 1.82) is 0 Å². The Bertz CT molecular complexity index is 479. The fourth-order valence-electron chi connectivity index (χ4n) is 1.45. The van der Waals surface area contributed by atoms with Crippen molar-refractivity contribution >= 4 is 11.9 Å². The predicted octanol–water partition coefficient (Wildman–Crippen LogP) is 1.14. The third-order valence-corrected chi connectivity index (χ3v) is 2.34. The Morgan fingerprint density at radius 2 is 2.05 bits per heavy atom. The van der Waals surface area contributed by atoms with E-state index in [2.05, 4.69) is 0 Å². The minimum atomic E-state index is -1.23. The van der Waals surface area contributed by atoms with E-state index in [1.165, 1.54) is 7.11 Å². The third kappa shape index (κ3) is 4.29. The van der Waals surface area contributed by atoms with Crippen LogP contribution in [0.15, 0.2) is 18.2 Å². The number of carbonyl (C=O) groups is 2. The molecule has 7 heteroatoms. The molecule has 0 unspecified atom stereocenters. The summed E-state index contributed by atoms with van der Waals surface area (Å²) in [4.78, 5) is 23.5. The Morgan fingerprint density at radius 1 is 1.37 bits per heavy atom. The maximum atomic E-state index is 13.5. The number of ether oxygens (including phenoxy) is 1. The van der Waals surface area contributed by atoms with E-state index in [-0.39, 0.29) is 18.7 Å². The van der Waals surface area contributed by atoms with E-state index in [0.29, 0.717) is 6.07 Å². The van der Waals surface area contributed by atoms with Crippen LogP contribution in [-0.2, 0) is 9.53 Å². The van der Waals surface area contributed by atoms with Crippen LogP contribution in [0.4, 0.5) is 8.78 Å². The van der Waals surface area contributed by atoms with Crippen LogP contribution in [0.2, 0.25) is 0 Å². The van der Waals surface area contributed by atoms with Crippen molar-refractivity contribution in [2.75, 3.05) is 26.8 Å². The highest BCUT2D eigenvalue weighted by Gasteiger charge is 2.21. The number of carbonyl (C=O) groups excluding carboxylic acids is 1. The number of hydrogen-bond acceptors (Lipinski definition) is 3. The number of halogens is 2. The molecule has 5 nitrogen and oxygen atoms in total. The number of benzene rings is 1. The summed E-state index contributed by atoms with van der Waals surface area (Å²) in [5.41, 5.74) is -0.376. The molecule has 1 amide bonds. The minimum Gasteiger partial charge on any atom is -0.480 e. The van der Waals surface area contributed by atoms with Gasteiger partial charge in [0.1, 0.15) is 18.2 Å². The molecular formula is C12H13F2NO4. The van der Waals surface area contributed by atoms with Crippen LogP contribution < -0.4 is 0 Å². The predicted molar refractivity (Wildman–Crippen MR) is 61.8 cm³/mol. The van der Waals surface area contributed by atoms with Gasteiger partial charge in [-0.05, 0) is 12.1 Å². The van der Waals surface area contributed by atoms with Crippen molar-refractivity contribution in [3.8, 4) is 0 Å². The van der Waals surface area contributed by atoms with Crippen molar-refractivity contribution in [2.45, 2.75) is 0 Å². The van der Waals surface area contributed by atoms with E-state index >= 15 is 0 Å². The van der Waals surface area contributed by atoms with Gasteiger partial charge in [-0.15, -0.1) is 0 Å². The van der Waals surface area contributed by atoms with E-state index in [1.807, 2.05) is 0 Å². The van der Waals surface area contributed by atoms with Crippen LogP contribution >= 0.6 is 0 Å². The van der Waals surface area contributed by atoms with Gasteiger partial charge in [0.05, 0.1) is 12.2 Å². The summed E-state index contributed by atoms with van der Waals surface area (Å²) in [6, 6.07) is 2.49. The van der Waals surface area contributed by atoms with Crippen molar-refractivity contribution in [1.82, 2.24) is 4.90 Å². The molecule has 0 radical (unpaired) electrons. The highest BCUT2D eigenvalue weighted by Crippen LogP contribution is 2.12. The van der Waals surface area contributed by atoms with Gasteiger partial charge in [0.25, 0.3) is 5.91 Å². The van der Waals surface area contributed by atoms with E-state index in [1.54, 1.807) is 0 Å². The Hall–Kier alpha value is -2.02. The third-order valence-electron chi connectivity index (χ3n) is 2.34. The van der Waals surface area contributed by atoms with Gasteiger partial charge in [0, 0.05) is 19.7 Å². The molecule has 0 saturated carbocycles. The van der Waals surface area contributed by atoms with Gasteiger partial charge in [0.15, 0.2) is 0 Å². The van der Waals surface area contributed by atoms with E-state index in [9.17, 15) is 18.4 Å². The van der Waals surface area contributed by atoms with Crippen molar-refractivity contribution in [3.05, 3.63) is 35.4 Å². The zero-order valence-electron chi connectivity index (χ0n) is 10.2. The maximum Gasteiger partial charge on any atom is 0.323 e. The standard InChI is InChI=1S/C12H13F2NO4/c1-19-5-4-15(7-11(16)17)12(18)9-3-2-8(13)6-10(9)14/h2-3,6H,4-5,7H2,1H3,(H,16,17). The Labute approximate surface area is 108 Å². The Kier molecular flexibility index (Phi) is 5.37. The molecule has 0 aliphatic carbocycles. The number of aliphatic carboxylic acids is 1. The largest absolute Gasteiger partial charge is 0.480 e. The second-order valence-electron chi connectivity index (χ2n) is 3.74. The second kappa shape index (κ2) is 6.79. The summed E-state index contributed by atoms with van der Waals surface area (Å²) in [5, 5.41) is 8.70. The molecule has 0 heterocycles. The van der Waals surface area contributed by atoms with Crippen molar-refractivity contribution in [3.63, 3.8) is 0 Å². The highest BCUT2D eigenvalue weighted by molar-refractivity contribution is 5.96. The molecule has 1 aromatic rings. The Balaban J connectivity index is 2.93. The average molecular weight is 273 g/mol. The van der Waals surface area contributed by atoms with E-state index < -0.39 is 30.1 Å². The molecule has 0 fully saturated rings. The van der Waals surface area contributed by atoms with Crippen LogP contribution in [0.1, 0.15) is 10.4 Å². The zero-order chi connectivity index (χ0) is 14.4. The smallest absolute Gasteiger partial charge is 0.323 e. The first-order chi connectivity index (χ1) is 8.95. The number of methoxy groups -OCH3 is 1. The lowest BCUT2D eigenvalue weighted by atomic mass is 10.1. The molecule has 0 aromatic heterocycles. The number of nitrogens with zero attached hydrogens (tertiary/aromatic N) is 1. The molecular weight excluding hydrogens is 260 g/mol. The lowest BCUT2D eigenvalue weighted by Gasteiger charge is -2.20. The first kappa shape index (κ1) is 15.0. The normalized spacial score (nSPS) is 10.3. The fourth-order valence-corrected chi connectivity index (χ4v) is 1.45. The molecule has 19 heavy (non-hydrogen) atoms. The van der Waals surface area contributed by atoms with Gasteiger partial charge in [-0.25, -0.2) is 8.78 Å². The molecule has 0 spiro atoms. The summed E-state index contributed by atoms with van der Waals surface area (Å²) in [7, 11) is 1.39. The quantitative estimate of drug-likeness (QED) is 0.844. The number of rotatable bonds is 6. The molecule has 1 aromatic carbocycles. The molecule has 0 aliphatic rings. The molecule has 0 bridgehead atoms. The molecule has 1 N–H and O–H groups in total. The molecule has 0 atom stereocenters. The lowest BCUT2D eigenvalue weighted by Crippen LogP contribution is -2.38. The van der Waals surface area contributed by atoms with Gasteiger partial charge in [-0.3, -0.25) is 9.59 Å². The molecule has 0 aliphatic heterocycles. The molecule has 1 rings (SSSR count). The van der Waals surface area contributed by atoms with Crippen LogP contribution in [0.25, 0.3) is 0 Å². The van der Waals surface area contributed by atoms with Gasteiger partial charge in [-0.1, -0.05) is 0 Å². The summed E-state index contributed by atoms with van der Waals surface area (Å²) in [6.45, 7) is -0.473. The maximum absolute atomic E-state index is 13.5. The second-order valence-corrected chi connectivity index (χ2v) is 3.74. The van der Waals surface area contributed by atoms with Gasteiger partial charge in [0.2, 0.25) is 0 Å². The molecule has 0 saturated heterocycles. The summed E-state index contributed by atoms with van der Waals surface area (Å²) in [5.74, 6) is -3.89. The number of amides is 1. The van der Waals surface area contributed by atoms with Gasteiger partial charge >= 0.3 is 5.97 Å². The van der Waals surface area contributed by atoms with E-state index in [0.717, 1.165) is 17.0 Å².